The topological polar surface area (TPSA) is 38.1 Å². The van der Waals surface area contributed by atoms with Gasteiger partial charge >= 0.3 is 0 Å². The molecule has 0 saturated carbocycles. The summed E-state index contributed by atoms with van der Waals surface area (Å²) in [5.41, 5.74) is 3.77. The molecule has 82 valence electrons. The maximum atomic E-state index is 5.49. The van der Waals surface area contributed by atoms with Crippen LogP contribution in [0.1, 0.15) is 28.5 Å². The molecule has 0 radical (unpaired) electrons. The monoisotopic (exact) mass is 214 g/mol. The van der Waals surface area contributed by atoms with Crippen LogP contribution < -0.4 is 5.32 Å². The number of furan rings is 1. The molecule has 3 heteroatoms. The number of pyridine rings is 1. The van der Waals surface area contributed by atoms with Gasteiger partial charge < -0.3 is 9.73 Å². The first-order valence-corrected chi connectivity index (χ1v) is 5.56. The molecule has 1 N–H and O–H groups in total. The summed E-state index contributed by atoms with van der Waals surface area (Å²) in [7, 11) is 0. The van der Waals surface area contributed by atoms with E-state index in [1.807, 2.05) is 12.4 Å². The van der Waals surface area contributed by atoms with Crippen molar-refractivity contribution in [2.24, 2.45) is 0 Å². The Kier molecular flexibility index (Phi) is 2.26. The highest BCUT2D eigenvalue weighted by molar-refractivity contribution is 5.37. The molecule has 1 atom stereocenters. The fourth-order valence-electron chi connectivity index (χ4n) is 2.34. The number of nitrogens with zero attached hydrogens (tertiary/aromatic N) is 1. The van der Waals surface area contributed by atoms with Crippen molar-refractivity contribution >= 4 is 0 Å². The van der Waals surface area contributed by atoms with Crippen LogP contribution in [0, 0.1) is 6.92 Å². The zero-order valence-electron chi connectivity index (χ0n) is 9.23. The second-order valence-electron chi connectivity index (χ2n) is 4.17. The van der Waals surface area contributed by atoms with Gasteiger partial charge in [0.2, 0.25) is 0 Å². The predicted molar refractivity (Wildman–Crippen MR) is 61.2 cm³/mol. The van der Waals surface area contributed by atoms with E-state index in [-0.39, 0.29) is 6.04 Å². The first kappa shape index (κ1) is 9.60. The minimum atomic E-state index is 0.255. The van der Waals surface area contributed by atoms with Crippen LogP contribution in [-0.4, -0.2) is 11.5 Å². The van der Waals surface area contributed by atoms with Crippen LogP contribution in [0.15, 0.2) is 35.2 Å². The van der Waals surface area contributed by atoms with Crippen LogP contribution in [0.2, 0.25) is 0 Å². The van der Waals surface area contributed by atoms with Gasteiger partial charge in [0.25, 0.3) is 0 Å². The third kappa shape index (κ3) is 1.44. The van der Waals surface area contributed by atoms with Crippen LogP contribution >= 0.6 is 0 Å². The van der Waals surface area contributed by atoms with Crippen molar-refractivity contribution < 1.29 is 4.42 Å². The average molecular weight is 214 g/mol. The molecule has 1 aliphatic heterocycles. The molecular weight excluding hydrogens is 200 g/mol. The molecular formula is C13H14N2O. The van der Waals surface area contributed by atoms with Crippen molar-refractivity contribution in [1.82, 2.24) is 10.3 Å². The summed E-state index contributed by atoms with van der Waals surface area (Å²) in [5.74, 6) is 1.11. The predicted octanol–water partition coefficient (Wildman–Crippen LogP) is 2.22. The first-order chi connectivity index (χ1) is 7.86. The highest BCUT2D eigenvalue weighted by Gasteiger charge is 2.24. The van der Waals surface area contributed by atoms with Gasteiger partial charge in [-0.05, 0) is 30.2 Å². The molecule has 0 bridgehead atoms. The van der Waals surface area contributed by atoms with Gasteiger partial charge in [-0.2, -0.15) is 0 Å². The summed E-state index contributed by atoms with van der Waals surface area (Å²) < 4.78 is 5.49. The number of hydrogen-bond acceptors (Lipinski definition) is 3. The van der Waals surface area contributed by atoms with E-state index in [2.05, 4.69) is 29.4 Å². The molecule has 3 rings (SSSR count). The molecule has 0 aliphatic carbocycles. The number of fused-ring (bicyclic) bond motifs is 1. The minimum absolute atomic E-state index is 0.255. The van der Waals surface area contributed by atoms with E-state index in [1.54, 1.807) is 6.26 Å². The van der Waals surface area contributed by atoms with E-state index < -0.39 is 0 Å². The highest BCUT2D eigenvalue weighted by atomic mass is 16.3. The van der Waals surface area contributed by atoms with Crippen molar-refractivity contribution in [2.75, 3.05) is 6.54 Å². The number of aryl methyl sites for hydroxylation is 1. The lowest BCUT2D eigenvalue weighted by molar-refractivity contribution is 0.455. The Labute approximate surface area is 94.5 Å². The summed E-state index contributed by atoms with van der Waals surface area (Å²) in [6.07, 6.45) is 6.51. The summed E-state index contributed by atoms with van der Waals surface area (Å²) >= 11 is 0. The zero-order chi connectivity index (χ0) is 11.0. The Morgan fingerprint density at radius 2 is 2.31 bits per heavy atom. The molecule has 2 aromatic rings. The molecule has 0 saturated heterocycles. The smallest absolute Gasteiger partial charge is 0.110 e. The molecule has 16 heavy (non-hydrogen) atoms. The van der Waals surface area contributed by atoms with Crippen molar-refractivity contribution in [3.63, 3.8) is 0 Å². The molecule has 3 nitrogen and oxygen atoms in total. The standard InChI is InChI=1S/C13H14N2O/c1-9-8-14-5-2-10(9)13-11-4-7-16-12(11)3-6-15-13/h2,4-5,7-8,13,15H,3,6H2,1H3. The molecule has 0 amide bonds. The maximum absolute atomic E-state index is 5.49. The van der Waals surface area contributed by atoms with Crippen LogP contribution in [-0.2, 0) is 6.42 Å². The maximum Gasteiger partial charge on any atom is 0.110 e. The number of rotatable bonds is 1. The quantitative estimate of drug-likeness (QED) is 0.791. The fraction of sp³-hybridized carbons (Fsp3) is 0.308. The average Bonchev–Trinajstić information content (AvgIpc) is 2.77. The Morgan fingerprint density at radius 1 is 1.38 bits per heavy atom. The van der Waals surface area contributed by atoms with E-state index in [0.29, 0.717) is 0 Å². The van der Waals surface area contributed by atoms with Crippen molar-refractivity contribution in [3.05, 3.63) is 53.2 Å². The molecule has 0 spiro atoms. The van der Waals surface area contributed by atoms with Gasteiger partial charge in [0.05, 0.1) is 12.3 Å². The second kappa shape index (κ2) is 3.76. The van der Waals surface area contributed by atoms with Gasteiger partial charge in [0.15, 0.2) is 0 Å². The number of nitrogens with one attached hydrogen (secondary N) is 1. The number of hydrogen-bond donors (Lipinski definition) is 1. The Morgan fingerprint density at radius 3 is 3.19 bits per heavy atom. The Bertz CT molecular complexity index is 504. The van der Waals surface area contributed by atoms with E-state index in [1.165, 1.54) is 16.7 Å². The third-order valence-corrected chi connectivity index (χ3v) is 3.17. The van der Waals surface area contributed by atoms with E-state index >= 15 is 0 Å². The molecule has 1 aliphatic rings. The second-order valence-corrected chi connectivity index (χ2v) is 4.17. The van der Waals surface area contributed by atoms with Gasteiger partial charge in [-0.1, -0.05) is 0 Å². The number of aromatic nitrogens is 1. The Hall–Kier alpha value is -1.61. The van der Waals surface area contributed by atoms with Gasteiger partial charge in [0, 0.05) is 30.9 Å². The van der Waals surface area contributed by atoms with Crippen molar-refractivity contribution in [2.45, 2.75) is 19.4 Å². The van der Waals surface area contributed by atoms with Crippen LogP contribution in [0.3, 0.4) is 0 Å². The third-order valence-electron chi connectivity index (χ3n) is 3.17. The largest absolute Gasteiger partial charge is 0.469 e. The minimum Gasteiger partial charge on any atom is -0.469 e. The molecule has 0 fully saturated rings. The molecule has 3 heterocycles. The van der Waals surface area contributed by atoms with Crippen molar-refractivity contribution in [1.29, 1.82) is 0 Å². The fourth-order valence-corrected chi connectivity index (χ4v) is 2.34. The Balaban J connectivity index is 2.08. The highest BCUT2D eigenvalue weighted by Crippen LogP contribution is 2.30. The zero-order valence-corrected chi connectivity index (χ0v) is 9.23. The summed E-state index contributed by atoms with van der Waals surface area (Å²) in [6.45, 7) is 3.06. The normalized spacial score (nSPS) is 19.4. The first-order valence-electron chi connectivity index (χ1n) is 5.56. The van der Waals surface area contributed by atoms with Gasteiger partial charge in [-0.3, -0.25) is 4.98 Å². The van der Waals surface area contributed by atoms with Crippen LogP contribution in [0.4, 0.5) is 0 Å². The SMILES string of the molecule is Cc1cnccc1C1NCCc2occc21. The van der Waals surface area contributed by atoms with Crippen LogP contribution in [0.5, 0.6) is 0 Å². The van der Waals surface area contributed by atoms with E-state index in [9.17, 15) is 0 Å². The van der Waals surface area contributed by atoms with Gasteiger partial charge in [0.1, 0.15) is 5.76 Å². The van der Waals surface area contributed by atoms with E-state index in [4.69, 9.17) is 4.42 Å². The van der Waals surface area contributed by atoms with Gasteiger partial charge in [-0.15, -0.1) is 0 Å². The summed E-state index contributed by atoms with van der Waals surface area (Å²) in [6, 6.07) is 4.40. The lowest BCUT2D eigenvalue weighted by Gasteiger charge is -2.24. The van der Waals surface area contributed by atoms with E-state index in [0.717, 1.165) is 18.7 Å². The summed E-state index contributed by atoms with van der Waals surface area (Å²) in [4.78, 5) is 4.13. The van der Waals surface area contributed by atoms with Crippen LogP contribution in [0.25, 0.3) is 0 Å². The molecule has 0 aromatic carbocycles. The lowest BCUT2D eigenvalue weighted by atomic mass is 9.93. The van der Waals surface area contributed by atoms with Crippen molar-refractivity contribution in [3.8, 4) is 0 Å². The molecule has 2 aromatic heterocycles. The lowest BCUT2D eigenvalue weighted by Crippen LogP contribution is -2.30. The summed E-state index contributed by atoms with van der Waals surface area (Å²) in [5, 5.41) is 3.53. The van der Waals surface area contributed by atoms with Gasteiger partial charge in [-0.25, -0.2) is 0 Å². The molecule has 1 unspecified atom stereocenters.